The second kappa shape index (κ2) is 7.05. The van der Waals surface area contributed by atoms with Gasteiger partial charge in [0.15, 0.2) is 7.05 Å². The Labute approximate surface area is 168 Å². The van der Waals surface area contributed by atoms with E-state index in [4.69, 9.17) is 0 Å². The number of hydrogen-bond acceptors (Lipinski definition) is 3. The van der Waals surface area contributed by atoms with Crippen LogP contribution < -0.4 is 15.0 Å². The minimum absolute atomic E-state index is 0.00343. The summed E-state index contributed by atoms with van der Waals surface area (Å²) in [6.07, 6.45) is 2.14. The van der Waals surface area contributed by atoms with E-state index >= 15 is 0 Å². The Morgan fingerprint density at radius 1 is 1.20 bits per heavy atom. The third-order valence-corrected chi connectivity index (χ3v) is 4.70. The maximum absolute atomic E-state index is 13.3. The summed E-state index contributed by atoms with van der Waals surface area (Å²) in [6.45, 7) is 3.88. The SMILES string of the molecule is CC(C)n1cnc2c(-c3c[nH][n+](C)c3)cn(-c3ccc(OC(F)(F)F)cc3)c(=O)c21. The number of aromatic nitrogens is 5. The zero-order valence-corrected chi connectivity index (χ0v) is 16.4. The van der Waals surface area contributed by atoms with Crippen molar-refractivity contribution in [3.05, 3.63) is 59.5 Å². The fourth-order valence-corrected chi connectivity index (χ4v) is 3.34. The van der Waals surface area contributed by atoms with Crippen LogP contribution in [0.25, 0.3) is 27.8 Å². The first-order valence-electron chi connectivity index (χ1n) is 9.17. The van der Waals surface area contributed by atoms with Gasteiger partial charge in [0.25, 0.3) is 5.56 Å². The Hall–Kier alpha value is -3.56. The molecule has 0 aliphatic carbocycles. The first-order chi connectivity index (χ1) is 14.1. The molecule has 0 bridgehead atoms. The molecule has 1 N–H and O–H groups in total. The molecule has 0 atom stereocenters. The lowest BCUT2D eigenvalue weighted by molar-refractivity contribution is -0.726. The number of hydrogen-bond donors (Lipinski definition) is 1. The number of ether oxygens (including phenoxy) is 1. The van der Waals surface area contributed by atoms with Crippen molar-refractivity contribution in [3.63, 3.8) is 0 Å². The molecule has 0 saturated heterocycles. The van der Waals surface area contributed by atoms with E-state index in [9.17, 15) is 18.0 Å². The number of nitrogens with zero attached hydrogens (tertiary/aromatic N) is 4. The number of benzene rings is 1. The molecule has 0 spiro atoms. The highest BCUT2D eigenvalue weighted by Crippen LogP contribution is 2.28. The number of alkyl halides is 3. The molecular formula is C20H19F3N5O2+. The summed E-state index contributed by atoms with van der Waals surface area (Å²) >= 11 is 0. The zero-order chi connectivity index (χ0) is 21.6. The summed E-state index contributed by atoms with van der Waals surface area (Å²) in [5.41, 5.74) is 2.61. The van der Waals surface area contributed by atoms with Crippen LogP contribution in [0, 0.1) is 0 Å². The van der Waals surface area contributed by atoms with E-state index in [2.05, 4.69) is 14.8 Å². The van der Waals surface area contributed by atoms with Gasteiger partial charge in [0.05, 0.1) is 18.1 Å². The van der Waals surface area contributed by atoms with Gasteiger partial charge in [-0.25, -0.2) is 4.98 Å². The highest BCUT2D eigenvalue weighted by molar-refractivity contribution is 5.91. The smallest absolute Gasteiger partial charge is 0.406 e. The quantitative estimate of drug-likeness (QED) is 0.516. The number of halogens is 3. The first-order valence-corrected chi connectivity index (χ1v) is 9.17. The van der Waals surface area contributed by atoms with E-state index < -0.39 is 6.36 Å². The van der Waals surface area contributed by atoms with Crippen LogP contribution in [0.4, 0.5) is 13.2 Å². The van der Waals surface area contributed by atoms with Gasteiger partial charge in [-0.1, -0.05) is 0 Å². The van der Waals surface area contributed by atoms with Crippen LogP contribution in [0.3, 0.4) is 0 Å². The normalized spacial score (nSPS) is 12.1. The summed E-state index contributed by atoms with van der Waals surface area (Å²) in [6, 6.07) is 5.16. The average Bonchev–Trinajstić information content (AvgIpc) is 3.29. The van der Waals surface area contributed by atoms with Gasteiger partial charge < -0.3 is 9.30 Å². The predicted octanol–water partition coefficient (Wildman–Crippen LogP) is 3.49. The topological polar surface area (TPSA) is 68.7 Å². The lowest BCUT2D eigenvalue weighted by atomic mass is 10.1. The summed E-state index contributed by atoms with van der Waals surface area (Å²) in [5.74, 6) is -0.356. The van der Waals surface area contributed by atoms with E-state index in [1.807, 2.05) is 27.1 Å². The maximum Gasteiger partial charge on any atom is 0.573 e. The number of nitrogens with one attached hydrogen (secondary N) is 1. The van der Waals surface area contributed by atoms with Crippen molar-refractivity contribution < 1.29 is 22.6 Å². The molecule has 1 aromatic carbocycles. The van der Waals surface area contributed by atoms with Crippen LogP contribution in [-0.2, 0) is 7.05 Å². The fourth-order valence-electron chi connectivity index (χ4n) is 3.34. The van der Waals surface area contributed by atoms with Gasteiger partial charge >= 0.3 is 6.36 Å². The summed E-state index contributed by atoms with van der Waals surface area (Å²) in [4.78, 5) is 17.8. The summed E-state index contributed by atoms with van der Waals surface area (Å²) < 4.78 is 46.2. The molecule has 30 heavy (non-hydrogen) atoms. The number of imidazole rings is 1. The third-order valence-electron chi connectivity index (χ3n) is 4.70. The zero-order valence-electron chi connectivity index (χ0n) is 16.4. The van der Waals surface area contributed by atoms with E-state index in [-0.39, 0.29) is 17.4 Å². The lowest BCUT2D eigenvalue weighted by Gasteiger charge is -2.13. The highest BCUT2D eigenvalue weighted by Gasteiger charge is 2.31. The highest BCUT2D eigenvalue weighted by atomic mass is 19.4. The molecule has 10 heteroatoms. The standard InChI is InChI=1S/C20H18F3N5O2/c1-12(2)28-11-24-17-16(13-8-25-26(3)9-13)10-27(19(29)18(17)28)14-4-6-15(7-5-14)30-20(21,22)23/h4-12H,1-3H3/p+1. The van der Waals surface area contributed by atoms with Crippen molar-refractivity contribution in [2.75, 3.05) is 0 Å². The number of aryl methyl sites for hydroxylation is 1. The minimum atomic E-state index is -4.78. The Morgan fingerprint density at radius 2 is 1.90 bits per heavy atom. The molecule has 3 heterocycles. The number of H-pyrrole nitrogens is 1. The van der Waals surface area contributed by atoms with Gasteiger partial charge in [-0.15, -0.1) is 17.9 Å². The number of pyridine rings is 1. The van der Waals surface area contributed by atoms with Gasteiger partial charge in [0, 0.05) is 23.5 Å². The van der Waals surface area contributed by atoms with Crippen LogP contribution in [0.5, 0.6) is 5.75 Å². The summed E-state index contributed by atoms with van der Waals surface area (Å²) in [5, 5.41) is 3.04. The first kappa shape index (κ1) is 19.7. The number of rotatable bonds is 4. The van der Waals surface area contributed by atoms with Crippen molar-refractivity contribution in [3.8, 4) is 22.6 Å². The largest absolute Gasteiger partial charge is 0.573 e. The van der Waals surface area contributed by atoms with Crippen LogP contribution in [0.1, 0.15) is 19.9 Å². The Kier molecular flexibility index (Phi) is 4.64. The van der Waals surface area contributed by atoms with Gasteiger partial charge in [0.2, 0.25) is 6.20 Å². The molecule has 0 aliphatic heterocycles. The number of fused-ring (bicyclic) bond motifs is 1. The molecule has 0 fully saturated rings. The predicted molar refractivity (Wildman–Crippen MR) is 103 cm³/mol. The molecule has 0 aliphatic rings. The Morgan fingerprint density at radius 3 is 2.47 bits per heavy atom. The van der Waals surface area contributed by atoms with E-state index in [1.165, 1.54) is 28.8 Å². The van der Waals surface area contributed by atoms with Gasteiger partial charge in [0.1, 0.15) is 16.8 Å². The van der Waals surface area contributed by atoms with Crippen molar-refractivity contribution in [2.45, 2.75) is 26.3 Å². The summed E-state index contributed by atoms with van der Waals surface area (Å²) in [7, 11) is 1.84. The van der Waals surface area contributed by atoms with Gasteiger partial charge in [-0.3, -0.25) is 9.36 Å². The molecule has 0 radical (unpaired) electrons. The molecular weight excluding hydrogens is 399 g/mol. The van der Waals surface area contributed by atoms with Crippen LogP contribution >= 0.6 is 0 Å². The van der Waals surface area contributed by atoms with E-state index in [1.54, 1.807) is 28.0 Å². The second-order valence-corrected chi connectivity index (χ2v) is 7.17. The molecule has 3 aromatic heterocycles. The molecule has 0 unspecified atom stereocenters. The van der Waals surface area contributed by atoms with Crippen LogP contribution in [0.2, 0.25) is 0 Å². The Bertz CT molecular complexity index is 1270. The Balaban J connectivity index is 1.93. The van der Waals surface area contributed by atoms with Crippen molar-refractivity contribution in [1.82, 2.24) is 19.2 Å². The molecule has 4 aromatic rings. The molecule has 4 rings (SSSR count). The molecule has 0 amide bonds. The lowest BCUT2D eigenvalue weighted by Crippen LogP contribution is -2.27. The number of aromatic amines is 1. The monoisotopic (exact) mass is 418 g/mol. The third kappa shape index (κ3) is 3.56. The van der Waals surface area contributed by atoms with E-state index in [0.29, 0.717) is 16.7 Å². The molecule has 7 nitrogen and oxygen atoms in total. The molecule has 0 saturated carbocycles. The van der Waals surface area contributed by atoms with Gasteiger partial charge in [-0.2, -0.15) is 5.10 Å². The van der Waals surface area contributed by atoms with Crippen LogP contribution in [-0.4, -0.2) is 25.6 Å². The van der Waals surface area contributed by atoms with Crippen molar-refractivity contribution in [2.24, 2.45) is 7.05 Å². The van der Waals surface area contributed by atoms with Gasteiger partial charge in [-0.05, 0) is 38.1 Å². The molecule has 156 valence electrons. The van der Waals surface area contributed by atoms with E-state index in [0.717, 1.165) is 11.1 Å². The van der Waals surface area contributed by atoms with Crippen molar-refractivity contribution in [1.29, 1.82) is 0 Å². The maximum atomic E-state index is 13.3. The fraction of sp³-hybridized carbons (Fsp3) is 0.250. The average molecular weight is 418 g/mol. The van der Waals surface area contributed by atoms with Crippen molar-refractivity contribution >= 4 is 11.0 Å². The van der Waals surface area contributed by atoms with Crippen LogP contribution in [0.15, 0.2) is 54.0 Å². The minimum Gasteiger partial charge on any atom is -0.406 e. The second-order valence-electron chi connectivity index (χ2n) is 7.17.